The molecule has 4 rings (SSSR count). The number of para-hydroxylation sites is 2. The van der Waals surface area contributed by atoms with Gasteiger partial charge in [0.05, 0.1) is 17.5 Å². The summed E-state index contributed by atoms with van der Waals surface area (Å²) in [6.07, 6.45) is 0. The highest BCUT2D eigenvalue weighted by molar-refractivity contribution is 14.1. The van der Waals surface area contributed by atoms with Crippen molar-refractivity contribution in [2.75, 3.05) is 22.6 Å². The molecule has 0 unspecified atom stereocenters. The van der Waals surface area contributed by atoms with Crippen LogP contribution < -0.4 is 15.0 Å². The second kappa shape index (κ2) is 9.49. The molecule has 0 radical (unpaired) electrons. The van der Waals surface area contributed by atoms with Crippen LogP contribution in [0.15, 0.2) is 47.6 Å². The minimum absolute atomic E-state index is 0.0149. The van der Waals surface area contributed by atoms with E-state index in [0.717, 1.165) is 14.8 Å². The van der Waals surface area contributed by atoms with Gasteiger partial charge in [0.2, 0.25) is 5.91 Å². The van der Waals surface area contributed by atoms with E-state index in [1.54, 1.807) is 4.90 Å². The van der Waals surface area contributed by atoms with Crippen LogP contribution >= 0.6 is 34.4 Å². The Morgan fingerprint density at radius 1 is 1.28 bits per heavy atom. The summed E-state index contributed by atoms with van der Waals surface area (Å²) in [4.78, 5) is 26.7. The van der Waals surface area contributed by atoms with Crippen molar-refractivity contribution in [3.8, 4) is 5.75 Å². The molecule has 1 aliphatic heterocycles. The normalized spacial score (nSPS) is 14.0. The maximum atomic E-state index is 12.6. The van der Waals surface area contributed by atoms with Crippen molar-refractivity contribution in [1.29, 1.82) is 0 Å². The predicted molar refractivity (Wildman–Crippen MR) is 132 cm³/mol. The lowest BCUT2D eigenvalue weighted by Crippen LogP contribution is -2.41. The number of anilines is 2. The molecule has 0 bridgehead atoms. The summed E-state index contributed by atoms with van der Waals surface area (Å²) in [5.74, 6) is 1.24. The van der Waals surface area contributed by atoms with Gasteiger partial charge in [0.25, 0.3) is 5.91 Å². The van der Waals surface area contributed by atoms with Crippen molar-refractivity contribution in [3.05, 3.63) is 57.4 Å². The van der Waals surface area contributed by atoms with Gasteiger partial charge in [-0.2, -0.15) is 0 Å². The fraction of sp³-hybridized carbons (Fsp3) is 0.273. The third-order valence-electron chi connectivity index (χ3n) is 5.17. The summed E-state index contributed by atoms with van der Waals surface area (Å²) in [6.45, 7) is 3.86. The molecule has 0 saturated heterocycles. The first-order chi connectivity index (χ1) is 15.3. The molecule has 1 aliphatic rings. The van der Waals surface area contributed by atoms with E-state index in [9.17, 15) is 9.59 Å². The Bertz CT molecular complexity index is 1180. The minimum atomic E-state index is -0.345. The van der Waals surface area contributed by atoms with Crippen LogP contribution in [0.2, 0.25) is 0 Å². The van der Waals surface area contributed by atoms with Crippen molar-refractivity contribution < 1.29 is 14.3 Å². The number of ether oxygens (including phenoxy) is 1. The molecule has 1 atom stereocenters. The number of hydrogen-bond donors (Lipinski definition) is 1. The van der Waals surface area contributed by atoms with E-state index in [2.05, 4.69) is 38.1 Å². The molecule has 2 heterocycles. The fourth-order valence-corrected chi connectivity index (χ4v) is 4.93. The maximum absolute atomic E-state index is 12.6. The van der Waals surface area contributed by atoms with E-state index in [-0.39, 0.29) is 30.2 Å². The van der Waals surface area contributed by atoms with E-state index >= 15 is 0 Å². The lowest BCUT2D eigenvalue weighted by atomic mass is 10.1. The summed E-state index contributed by atoms with van der Waals surface area (Å²) in [6, 6.07) is 13.0. The van der Waals surface area contributed by atoms with Crippen molar-refractivity contribution in [3.63, 3.8) is 0 Å². The van der Waals surface area contributed by atoms with Gasteiger partial charge in [0, 0.05) is 16.3 Å². The van der Waals surface area contributed by atoms with E-state index in [1.807, 2.05) is 67.9 Å². The number of benzene rings is 2. The molecule has 2 aromatic carbocycles. The first-order valence-corrected chi connectivity index (χ1v) is 12.0. The molecular formula is C22H22IN5O3S. The van der Waals surface area contributed by atoms with Crippen LogP contribution in [0.1, 0.15) is 24.4 Å². The zero-order valence-electron chi connectivity index (χ0n) is 17.8. The first kappa shape index (κ1) is 22.6. The SMILES string of the molecule is Cc1cc(I)ccc1NC(=O)CSc1nnc([C@@H](C)N2C(=O)COc3ccccc32)n1C. The van der Waals surface area contributed by atoms with Gasteiger partial charge in [-0.25, -0.2) is 0 Å². The highest BCUT2D eigenvalue weighted by atomic mass is 127. The Kier molecular flexibility index (Phi) is 6.70. The topological polar surface area (TPSA) is 89.3 Å². The number of fused-ring (bicyclic) bond motifs is 1. The molecule has 0 spiro atoms. The Morgan fingerprint density at radius 3 is 2.84 bits per heavy atom. The number of hydrogen-bond acceptors (Lipinski definition) is 6. The molecule has 166 valence electrons. The average molecular weight is 563 g/mol. The van der Waals surface area contributed by atoms with Crippen LogP contribution in [0.3, 0.4) is 0 Å². The van der Waals surface area contributed by atoms with Gasteiger partial charge in [-0.05, 0) is 72.3 Å². The van der Waals surface area contributed by atoms with Gasteiger partial charge < -0.3 is 14.6 Å². The maximum Gasteiger partial charge on any atom is 0.265 e. The van der Waals surface area contributed by atoms with Crippen LogP contribution in [-0.2, 0) is 16.6 Å². The number of nitrogens with zero attached hydrogens (tertiary/aromatic N) is 4. The molecule has 0 fully saturated rings. The molecule has 10 heteroatoms. The summed E-state index contributed by atoms with van der Waals surface area (Å²) >= 11 is 3.54. The van der Waals surface area contributed by atoms with Gasteiger partial charge in [-0.15, -0.1) is 10.2 Å². The molecule has 8 nitrogen and oxygen atoms in total. The van der Waals surface area contributed by atoms with Crippen LogP contribution in [0.5, 0.6) is 5.75 Å². The smallest absolute Gasteiger partial charge is 0.265 e. The average Bonchev–Trinajstić information content (AvgIpc) is 3.14. The van der Waals surface area contributed by atoms with Crippen molar-refractivity contribution in [2.45, 2.75) is 25.0 Å². The molecule has 1 N–H and O–H groups in total. The fourth-order valence-electron chi connectivity index (χ4n) is 3.56. The number of carbonyl (C=O) groups is 2. The predicted octanol–water partition coefficient (Wildman–Crippen LogP) is 3.95. The van der Waals surface area contributed by atoms with Gasteiger partial charge in [0.1, 0.15) is 5.75 Å². The number of carbonyl (C=O) groups excluding carboxylic acids is 2. The monoisotopic (exact) mass is 563 g/mol. The van der Waals surface area contributed by atoms with Gasteiger partial charge in [-0.3, -0.25) is 14.5 Å². The van der Waals surface area contributed by atoms with E-state index in [1.165, 1.54) is 11.8 Å². The van der Waals surface area contributed by atoms with Gasteiger partial charge >= 0.3 is 0 Å². The van der Waals surface area contributed by atoms with Crippen molar-refractivity contribution in [2.24, 2.45) is 7.05 Å². The Balaban J connectivity index is 1.45. The Hall–Kier alpha value is -2.60. The lowest BCUT2D eigenvalue weighted by Gasteiger charge is -2.33. The molecular weight excluding hydrogens is 541 g/mol. The van der Waals surface area contributed by atoms with Crippen molar-refractivity contribution >= 4 is 57.5 Å². The molecule has 2 amide bonds. The number of aromatic nitrogens is 3. The number of aryl methyl sites for hydroxylation is 1. The highest BCUT2D eigenvalue weighted by Gasteiger charge is 2.32. The summed E-state index contributed by atoms with van der Waals surface area (Å²) in [5, 5.41) is 12.1. The second-order valence-electron chi connectivity index (χ2n) is 7.39. The highest BCUT2D eigenvalue weighted by Crippen LogP contribution is 2.37. The molecule has 0 saturated carbocycles. The third-order valence-corrected chi connectivity index (χ3v) is 6.86. The summed E-state index contributed by atoms with van der Waals surface area (Å²) in [7, 11) is 1.84. The molecule has 3 aromatic rings. The van der Waals surface area contributed by atoms with Crippen LogP contribution in [0.4, 0.5) is 11.4 Å². The Morgan fingerprint density at radius 2 is 2.06 bits per heavy atom. The standard InChI is InChI=1S/C22H22IN5O3S/c1-13-10-15(23)8-9-16(13)24-19(29)12-32-22-26-25-21(27(22)3)14(2)28-17-6-4-5-7-18(17)31-11-20(28)30/h4-10,14H,11-12H2,1-3H3,(H,24,29)/t14-/m1/s1. The Labute approximate surface area is 203 Å². The number of thioether (sulfide) groups is 1. The summed E-state index contributed by atoms with van der Waals surface area (Å²) < 4.78 is 8.48. The van der Waals surface area contributed by atoms with Crippen LogP contribution in [0.25, 0.3) is 0 Å². The number of rotatable bonds is 6. The minimum Gasteiger partial charge on any atom is -0.482 e. The summed E-state index contributed by atoms with van der Waals surface area (Å²) in [5.41, 5.74) is 2.52. The number of nitrogens with one attached hydrogen (secondary N) is 1. The molecule has 1 aromatic heterocycles. The van der Waals surface area contributed by atoms with Crippen molar-refractivity contribution in [1.82, 2.24) is 14.8 Å². The molecule has 32 heavy (non-hydrogen) atoms. The van der Waals surface area contributed by atoms with Crippen LogP contribution in [-0.4, -0.2) is 38.9 Å². The molecule has 0 aliphatic carbocycles. The third kappa shape index (κ3) is 4.60. The lowest BCUT2D eigenvalue weighted by molar-refractivity contribution is -0.121. The van der Waals surface area contributed by atoms with E-state index < -0.39 is 0 Å². The van der Waals surface area contributed by atoms with E-state index in [4.69, 9.17) is 4.74 Å². The largest absolute Gasteiger partial charge is 0.482 e. The van der Waals surface area contributed by atoms with E-state index in [0.29, 0.717) is 22.4 Å². The van der Waals surface area contributed by atoms with Gasteiger partial charge in [0.15, 0.2) is 17.6 Å². The zero-order chi connectivity index (χ0) is 22.8. The zero-order valence-corrected chi connectivity index (χ0v) is 20.8. The number of amides is 2. The quantitative estimate of drug-likeness (QED) is 0.361. The van der Waals surface area contributed by atoms with Crippen LogP contribution in [0, 0.1) is 10.5 Å². The second-order valence-corrected chi connectivity index (χ2v) is 9.58. The number of halogens is 1. The first-order valence-electron chi connectivity index (χ1n) is 9.97. The van der Waals surface area contributed by atoms with Gasteiger partial charge in [-0.1, -0.05) is 23.9 Å².